The predicted octanol–water partition coefficient (Wildman–Crippen LogP) is 0.409. The largest absolute Gasteiger partial charge is 0.406 e. The lowest BCUT2D eigenvalue weighted by molar-refractivity contribution is -0.169. The average Bonchev–Trinajstić information content (AvgIpc) is 3.21. The summed E-state index contributed by atoms with van der Waals surface area (Å²) < 4.78 is 38.8. The number of rotatable bonds is 3. The number of likely N-dealkylation sites (tertiary alicyclic amines) is 1. The first-order valence-electron chi connectivity index (χ1n) is 10.7. The van der Waals surface area contributed by atoms with Crippen molar-refractivity contribution in [2.24, 2.45) is 0 Å². The fraction of sp³-hybridized carbons (Fsp3) is 0.524. The normalized spacial score (nSPS) is 29.5. The Bertz CT molecular complexity index is 1050. The van der Waals surface area contributed by atoms with Crippen LogP contribution in [0.4, 0.5) is 18.0 Å². The number of urea groups is 1. The number of halogens is 3. The monoisotopic (exact) mass is 480 g/mol. The van der Waals surface area contributed by atoms with Crippen molar-refractivity contribution in [2.75, 3.05) is 13.6 Å². The number of nitrogens with zero attached hydrogens (tertiary/aromatic N) is 2. The molecule has 0 unspecified atom stereocenters. The summed E-state index contributed by atoms with van der Waals surface area (Å²) in [5.74, 6) is -1.68. The molecule has 33 heavy (non-hydrogen) atoms. The van der Waals surface area contributed by atoms with Crippen molar-refractivity contribution in [1.29, 1.82) is 0 Å². The summed E-state index contributed by atoms with van der Waals surface area (Å²) in [6.07, 6.45) is -3.65. The highest BCUT2D eigenvalue weighted by Gasteiger charge is 2.54. The van der Waals surface area contributed by atoms with Crippen molar-refractivity contribution in [3.05, 3.63) is 34.9 Å². The van der Waals surface area contributed by atoms with Gasteiger partial charge in [-0.2, -0.15) is 13.2 Å². The SMILES string of the molecule is C[C@@H]1[C@@H]([AlH2])C[C@H](NC(=O)c2ccc3c(c2)C[C@@]2(C3)C(=O)NC(=O)N2C)C(=O)N1CC(F)(F)F. The molecular formula is C21H24AlF3N4O4. The van der Waals surface area contributed by atoms with E-state index in [1.54, 1.807) is 32.2 Å². The van der Waals surface area contributed by atoms with Gasteiger partial charge in [0.15, 0.2) is 0 Å². The lowest BCUT2D eigenvalue weighted by atomic mass is 9.95. The molecule has 1 aromatic rings. The topological polar surface area (TPSA) is 98.8 Å². The van der Waals surface area contributed by atoms with E-state index in [-0.39, 0.29) is 22.7 Å². The van der Waals surface area contributed by atoms with Crippen LogP contribution in [0.3, 0.4) is 0 Å². The molecule has 5 amide bonds. The molecule has 2 saturated heterocycles. The molecule has 2 heterocycles. The maximum absolute atomic E-state index is 13.0. The number of hydrogen-bond acceptors (Lipinski definition) is 4. The van der Waals surface area contributed by atoms with E-state index >= 15 is 0 Å². The molecule has 3 aliphatic rings. The Kier molecular flexibility index (Phi) is 5.73. The summed E-state index contributed by atoms with van der Waals surface area (Å²) in [4.78, 5) is 52.1. The third-order valence-electron chi connectivity index (χ3n) is 7.18. The fourth-order valence-electron chi connectivity index (χ4n) is 4.99. The third-order valence-corrected chi connectivity index (χ3v) is 8.62. The van der Waals surface area contributed by atoms with Crippen molar-refractivity contribution < 1.29 is 32.3 Å². The molecule has 8 nitrogen and oxygen atoms in total. The number of carbonyl (C=O) groups excluding carboxylic acids is 4. The van der Waals surface area contributed by atoms with E-state index in [4.69, 9.17) is 0 Å². The Morgan fingerprint density at radius 3 is 2.52 bits per heavy atom. The zero-order valence-corrected chi connectivity index (χ0v) is 20.5. The molecule has 2 N–H and O–H groups in total. The third kappa shape index (κ3) is 4.10. The molecule has 4 atom stereocenters. The minimum atomic E-state index is -4.52. The van der Waals surface area contributed by atoms with Crippen LogP contribution in [0.2, 0.25) is 4.78 Å². The Morgan fingerprint density at radius 1 is 1.24 bits per heavy atom. The van der Waals surface area contributed by atoms with Gasteiger partial charge in [0.1, 0.15) is 18.1 Å². The Morgan fingerprint density at radius 2 is 1.91 bits per heavy atom. The van der Waals surface area contributed by atoms with Crippen molar-refractivity contribution >= 4 is 40.0 Å². The maximum Gasteiger partial charge on any atom is 0.406 e. The molecule has 0 radical (unpaired) electrons. The lowest BCUT2D eigenvalue weighted by Crippen LogP contribution is -2.59. The highest BCUT2D eigenvalue weighted by Crippen LogP contribution is 2.37. The number of benzene rings is 1. The van der Waals surface area contributed by atoms with Crippen molar-refractivity contribution in [3.8, 4) is 0 Å². The molecular weight excluding hydrogens is 456 g/mol. The Balaban J connectivity index is 1.50. The lowest BCUT2D eigenvalue weighted by Gasteiger charge is -2.42. The first kappa shape index (κ1) is 23.6. The molecule has 4 rings (SSSR count). The maximum atomic E-state index is 13.0. The molecule has 2 aliphatic heterocycles. The molecule has 0 saturated carbocycles. The summed E-state index contributed by atoms with van der Waals surface area (Å²) >= 11 is 0.582. The van der Waals surface area contributed by atoms with E-state index in [0.29, 0.717) is 29.1 Å². The molecule has 1 spiro atoms. The molecule has 1 aromatic carbocycles. The first-order chi connectivity index (χ1) is 15.3. The fourth-order valence-corrected chi connectivity index (χ4v) is 5.82. The number of fused-ring (bicyclic) bond motifs is 1. The van der Waals surface area contributed by atoms with Crippen LogP contribution in [0.1, 0.15) is 34.8 Å². The van der Waals surface area contributed by atoms with Gasteiger partial charge >= 0.3 is 12.2 Å². The zero-order chi connectivity index (χ0) is 24.3. The predicted molar refractivity (Wildman–Crippen MR) is 113 cm³/mol. The second kappa shape index (κ2) is 8.03. The van der Waals surface area contributed by atoms with Crippen LogP contribution in [0, 0.1) is 0 Å². The summed E-state index contributed by atoms with van der Waals surface area (Å²) in [6.45, 7) is 0.268. The molecule has 12 heteroatoms. The van der Waals surface area contributed by atoms with Crippen LogP contribution in [0.15, 0.2) is 18.2 Å². The number of carbonyl (C=O) groups is 4. The quantitative estimate of drug-likeness (QED) is 0.484. The first-order valence-corrected chi connectivity index (χ1v) is 11.9. The standard InChI is InChI=1S/C21H22F3N4O4.Al.2H/c1-11-3-6-15(17(30)28(11)10-21(22,23)24)25-16(29)12-4-5-13-8-20(9-14(13)7-12)18(31)26-19(32)27(20)2;;;/h3-5,7,11,15H,6,8-10H2,1-2H3,(H,25,29)(H,26,31,32);;;/t11-,15+,20+;;;/m1.../s1. The number of piperidine rings is 1. The highest BCUT2D eigenvalue weighted by molar-refractivity contribution is 6.13. The molecule has 0 aromatic heterocycles. The Labute approximate surface area is 196 Å². The second-order valence-corrected chi connectivity index (χ2v) is 10.7. The van der Waals surface area contributed by atoms with Gasteiger partial charge in [-0.15, -0.1) is 0 Å². The average molecular weight is 480 g/mol. The van der Waals surface area contributed by atoms with Gasteiger partial charge in [0.2, 0.25) is 22.2 Å². The molecule has 0 bridgehead atoms. The van der Waals surface area contributed by atoms with Gasteiger partial charge in [-0.05, 0) is 36.6 Å². The smallest absolute Gasteiger partial charge is 0.340 e. The summed E-state index contributed by atoms with van der Waals surface area (Å²) in [6, 6.07) is 2.85. The summed E-state index contributed by atoms with van der Waals surface area (Å²) in [7, 11) is 1.55. The number of hydrogen-bond donors (Lipinski definition) is 2. The summed E-state index contributed by atoms with van der Waals surface area (Å²) in [5.41, 5.74) is 0.795. The molecule has 176 valence electrons. The van der Waals surface area contributed by atoms with Gasteiger partial charge in [0, 0.05) is 31.5 Å². The zero-order valence-electron chi connectivity index (χ0n) is 18.5. The van der Waals surface area contributed by atoms with E-state index in [9.17, 15) is 32.3 Å². The van der Waals surface area contributed by atoms with Crippen LogP contribution >= 0.6 is 0 Å². The van der Waals surface area contributed by atoms with Crippen molar-refractivity contribution in [1.82, 2.24) is 20.4 Å². The van der Waals surface area contributed by atoms with Gasteiger partial charge in [-0.25, -0.2) is 4.79 Å². The molecule has 2 fully saturated rings. The van der Waals surface area contributed by atoms with Crippen LogP contribution in [0.5, 0.6) is 0 Å². The number of nitrogens with one attached hydrogen (secondary N) is 2. The van der Waals surface area contributed by atoms with Gasteiger partial charge in [0.05, 0.1) is 0 Å². The molecule has 1 aliphatic carbocycles. The van der Waals surface area contributed by atoms with Crippen LogP contribution in [0.25, 0.3) is 0 Å². The van der Waals surface area contributed by atoms with E-state index in [1.807, 2.05) is 0 Å². The van der Waals surface area contributed by atoms with Crippen molar-refractivity contribution in [3.63, 3.8) is 0 Å². The van der Waals surface area contributed by atoms with E-state index in [1.165, 1.54) is 4.90 Å². The minimum Gasteiger partial charge on any atom is -0.340 e. The second-order valence-electron chi connectivity index (χ2n) is 9.25. The van der Waals surface area contributed by atoms with Gasteiger partial charge in [-0.3, -0.25) is 19.7 Å². The van der Waals surface area contributed by atoms with Crippen LogP contribution < -0.4 is 10.6 Å². The van der Waals surface area contributed by atoms with Gasteiger partial charge in [0.25, 0.3) is 11.8 Å². The number of alkyl halides is 3. The minimum absolute atomic E-state index is 0.0934. The van der Waals surface area contributed by atoms with E-state index < -0.39 is 48.2 Å². The number of imide groups is 1. The number of amides is 5. The van der Waals surface area contributed by atoms with Crippen LogP contribution in [-0.2, 0) is 22.4 Å². The van der Waals surface area contributed by atoms with Gasteiger partial charge in [-0.1, -0.05) is 10.8 Å². The van der Waals surface area contributed by atoms with Crippen LogP contribution in [-0.4, -0.2) is 87.2 Å². The van der Waals surface area contributed by atoms with E-state index in [2.05, 4.69) is 10.6 Å². The summed E-state index contributed by atoms with van der Waals surface area (Å²) in [5, 5.41) is 4.92. The van der Waals surface area contributed by atoms with Crippen molar-refractivity contribution in [2.45, 2.75) is 54.8 Å². The van der Waals surface area contributed by atoms with Gasteiger partial charge < -0.3 is 15.1 Å². The number of likely N-dealkylation sites (N-methyl/N-ethyl adjacent to an activating group) is 1. The van der Waals surface area contributed by atoms with E-state index in [0.717, 1.165) is 16.0 Å². The Hall–Kier alpha value is -2.58. The highest BCUT2D eigenvalue weighted by atomic mass is 27.0.